The molecule has 3 aromatic carbocycles. The molecule has 1 aliphatic heterocycles. The maximum absolute atomic E-state index is 13.1. The molecule has 5 rings (SSSR count). The Morgan fingerprint density at radius 2 is 1.83 bits per heavy atom. The lowest BCUT2D eigenvalue weighted by atomic mass is 9.92. The molecule has 180 valence electrons. The minimum Gasteiger partial charge on any atom is -0.492 e. The summed E-state index contributed by atoms with van der Waals surface area (Å²) < 4.78 is 5.92. The quantitative estimate of drug-likeness (QED) is 0.388. The van der Waals surface area contributed by atoms with Crippen LogP contribution in [0.1, 0.15) is 41.7 Å². The molecule has 5 heteroatoms. The molecule has 1 N–H and O–H groups in total. The number of ether oxygens (including phenoxy) is 1. The summed E-state index contributed by atoms with van der Waals surface area (Å²) in [5, 5.41) is 8.83. The number of aryl methyl sites for hydroxylation is 2. The topological polar surface area (TPSA) is 58.2 Å². The lowest BCUT2D eigenvalue weighted by Gasteiger charge is -2.13. The predicted molar refractivity (Wildman–Crippen MR) is 141 cm³/mol. The minimum atomic E-state index is 0.246. The molecule has 1 aromatic heterocycles. The average Bonchev–Trinajstić information content (AvgIpc) is 3.18. The average molecular weight is 468 g/mol. The van der Waals surface area contributed by atoms with Gasteiger partial charge in [0.15, 0.2) is 0 Å². The van der Waals surface area contributed by atoms with Gasteiger partial charge in [0.2, 0.25) is 0 Å². The summed E-state index contributed by atoms with van der Waals surface area (Å²) in [6.45, 7) is 6.78. The highest BCUT2D eigenvalue weighted by molar-refractivity contribution is 5.94. The van der Waals surface area contributed by atoms with E-state index in [1.165, 1.54) is 22.3 Å². The Labute approximate surface area is 207 Å². The molecule has 2 heterocycles. The summed E-state index contributed by atoms with van der Waals surface area (Å²) in [7, 11) is 2.11. The van der Waals surface area contributed by atoms with Crippen molar-refractivity contribution < 1.29 is 9.53 Å². The predicted octanol–water partition coefficient (Wildman–Crippen LogP) is 5.53. The van der Waals surface area contributed by atoms with Gasteiger partial charge in [0, 0.05) is 42.4 Å². The van der Waals surface area contributed by atoms with Crippen molar-refractivity contribution in [3.63, 3.8) is 0 Å². The van der Waals surface area contributed by atoms with Crippen LogP contribution < -0.4 is 4.74 Å². The zero-order valence-corrected chi connectivity index (χ0v) is 20.9. The molecule has 0 fully saturated rings. The zero-order valence-electron chi connectivity index (χ0n) is 20.9. The molecular formula is C30H33N3O2. The molecule has 0 aliphatic carbocycles. The lowest BCUT2D eigenvalue weighted by Crippen LogP contribution is -2.20. The number of hydrogen-bond donors (Lipinski definition) is 1. The maximum Gasteiger partial charge on any atom is 0.141 e. The first kappa shape index (κ1) is 23.3. The number of carbonyl (C=O) groups is 1. The maximum atomic E-state index is 13.1. The van der Waals surface area contributed by atoms with Gasteiger partial charge in [-0.2, -0.15) is 5.10 Å². The van der Waals surface area contributed by atoms with Crippen LogP contribution in [0.4, 0.5) is 0 Å². The van der Waals surface area contributed by atoms with Crippen LogP contribution in [0.25, 0.3) is 22.2 Å². The molecule has 0 radical (unpaired) electrons. The molecule has 5 nitrogen and oxygen atoms in total. The fraction of sp³-hybridized carbons (Fsp3) is 0.333. The fourth-order valence-corrected chi connectivity index (χ4v) is 5.13. The van der Waals surface area contributed by atoms with E-state index < -0.39 is 0 Å². The Hall–Kier alpha value is -3.44. The van der Waals surface area contributed by atoms with Crippen molar-refractivity contribution in [1.82, 2.24) is 15.1 Å². The number of likely N-dealkylation sites (N-methyl/N-ethyl adjacent to an activating group) is 1. The van der Waals surface area contributed by atoms with E-state index in [1.54, 1.807) is 0 Å². The highest BCUT2D eigenvalue weighted by Crippen LogP contribution is 2.32. The van der Waals surface area contributed by atoms with Gasteiger partial charge in [0.25, 0.3) is 0 Å². The molecular weight excluding hydrogens is 434 g/mol. The Balaban J connectivity index is 1.41. The van der Waals surface area contributed by atoms with E-state index in [0.29, 0.717) is 19.4 Å². The van der Waals surface area contributed by atoms with Crippen molar-refractivity contribution in [2.75, 3.05) is 20.2 Å². The molecule has 0 unspecified atom stereocenters. The molecule has 1 aliphatic rings. The third-order valence-corrected chi connectivity index (χ3v) is 7.04. The number of fused-ring (bicyclic) bond motifs is 2. The molecule has 0 saturated heterocycles. The third kappa shape index (κ3) is 4.87. The number of benzene rings is 3. The van der Waals surface area contributed by atoms with Crippen LogP contribution in [-0.2, 0) is 37.0 Å². The minimum absolute atomic E-state index is 0.246. The first-order valence-corrected chi connectivity index (χ1v) is 12.6. The van der Waals surface area contributed by atoms with Gasteiger partial charge in [-0.3, -0.25) is 14.8 Å². The first-order chi connectivity index (χ1) is 17.1. The molecule has 0 spiro atoms. The number of Topliss-reactive ketones (excluding diaryl/α,β-unsaturated/α-hetero) is 1. The van der Waals surface area contributed by atoms with Gasteiger partial charge in [-0.1, -0.05) is 38.1 Å². The van der Waals surface area contributed by atoms with E-state index in [9.17, 15) is 4.79 Å². The Bertz CT molecular complexity index is 1350. The van der Waals surface area contributed by atoms with Gasteiger partial charge >= 0.3 is 0 Å². The fourth-order valence-electron chi connectivity index (χ4n) is 5.13. The van der Waals surface area contributed by atoms with Gasteiger partial charge in [-0.05, 0) is 72.5 Å². The number of aromatic amines is 1. The Morgan fingerprint density at radius 1 is 1.03 bits per heavy atom. The summed E-state index contributed by atoms with van der Waals surface area (Å²) in [5.74, 6) is 1.19. The molecule has 0 saturated carbocycles. The molecule has 4 aromatic rings. The van der Waals surface area contributed by atoms with Crippen molar-refractivity contribution in [2.45, 2.75) is 46.1 Å². The SMILES string of the molecule is CCc1cccc(CC)c1CC(=O)Cc1ccc2[nH]nc(-c3ccc4c(c3)CN(C)CCO4)c2c1. The van der Waals surface area contributed by atoms with Crippen molar-refractivity contribution in [1.29, 1.82) is 0 Å². The number of rotatable bonds is 7. The molecule has 0 amide bonds. The van der Waals surface area contributed by atoms with E-state index in [0.717, 1.165) is 59.4 Å². The van der Waals surface area contributed by atoms with E-state index in [-0.39, 0.29) is 5.78 Å². The third-order valence-electron chi connectivity index (χ3n) is 7.04. The van der Waals surface area contributed by atoms with Crippen molar-refractivity contribution in [3.05, 3.63) is 82.4 Å². The van der Waals surface area contributed by atoms with Crippen LogP contribution in [-0.4, -0.2) is 41.1 Å². The zero-order chi connectivity index (χ0) is 24.4. The van der Waals surface area contributed by atoms with Crippen molar-refractivity contribution in [3.8, 4) is 17.0 Å². The molecule has 0 bridgehead atoms. The lowest BCUT2D eigenvalue weighted by molar-refractivity contribution is -0.117. The van der Waals surface area contributed by atoms with Crippen molar-refractivity contribution >= 4 is 16.7 Å². The highest BCUT2D eigenvalue weighted by Gasteiger charge is 2.17. The summed E-state index contributed by atoms with van der Waals surface area (Å²) in [4.78, 5) is 15.4. The van der Waals surface area contributed by atoms with Crippen LogP contribution in [0, 0.1) is 0 Å². The number of nitrogens with one attached hydrogen (secondary N) is 1. The monoisotopic (exact) mass is 467 g/mol. The van der Waals surface area contributed by atoms with Gasteiger partial charge in [0.1, 0.15) is 18.1 Å². The van der Waals surface area contributed by atoms with Gasteiger partial charge in [-0.15, -0.1) is 0 Å². The number of ketones is 1. The number of nitrogens with zero attached hydrogens (tertiary/aromatic N) is 2. The highest BCUT2D eigenvalue weighted by atomic mass is 16.5. The van der Waals surface area contributed by atoms with Crippen molar-refractivity contribution in [2.24, 2.45) is 0 Å². The Kier molecular flexibility index (Phi) is 6.69. The smallest absolute Gasteiger partial charge is 0.141 e. The second-order valence-corrected chi connectivity index (χ2v) is 9.52. The first-order valence-electron chi connectivity index (χ1n) is 12.6. The van der Waals surface area contributed by atoms with E-state index >= 15 is 0 Å². The number of H-pyrrole nitrogens is 1. The molecule has 35 heavy (non-hydrogen) atoms. The van der Waals surface area contributed by atoms with Gasteiger partial charge in [0.05, 0.1) is 11.2 Å². The summed E-state index contributed by atoms with van der Waals surface area (Å²) in [6, 6.07) is 18.9. The largest absolute Gasteiger partial charge is 0.492 e. The summed E-state index contributed by atoms with van der Waals surface area (Å²) in [6.07, 6.45) is 2.80. The summed E-state index contributed by atoms with van der Waals surface area (Å²) in [5.41, 5.74) is 8.91. The number of aromatic nitrogens is 2. The van der Waals surface area contributed by atoms with Crippen LogP contribution in [0.5, 0.6) is 5.75 Å². The van der Waals surface area contributed by atoms with Crippen LogP contribution in [0.3, 0.4) is 0 Å². The van der Waals surface area contributed by atoms with Gasteiger partial charge < -0.3 is 4.74 Å². The Morgan fingerprint density at radius 3 is 2.60 bits per heavy atom. The van der Waals surface area contributed by atoms with Crippen LogP contribution in [0.2, 0.25) is 0 Å². The van der Waals surface area contributed by atoms with E-state index in [2.05, 4.69) is 72.4 Å². The standard InChI is InChI=1S/C30H33N3O2/c1-4-21-7-6-8-22(5-2)26(21)18-25(34)15-20-9-11-28-27(16-20)30(32-31-28)23-10-12-29-24(17-23)19-33(3)13-14-35-29/h6-12,16-17H,4-5,13-15,18-19H2,1-3H3,(H,31,32). The normalized spacial score (nSPS) is 13.9. The summed E-state index contributed by atoms with van der Waals surface area (Å²) >= 11 is 0. The second-order valence-electron chi connectivity index (χ2n) is 9.52. The molecule has 0 atom stereocenters. The van der Waals surface area contributed by atoms with E-state index in [1.807, 2.05) is 18.2 Å². The van der Waals surface area contributed by atoms with Gasteiger partial charge in [-0.25, -0.2) is 0 Å². The number of carbonyl (C=O) groups excluding carboxylic acids is 1. The van der Waals surface area contributed by atoms with Crippen LogP contribution >= 0.6 is 0 Å². The second kappa shape index (κ2) is 10.0. The van der Waals surface area contributed by atoms with E-state index in [4.69, 9.17) is 4.74 Å². The number of hydrogen-bond acceptors (Lipinski definition) is 4. The van der Waals surface area contributed by atoms with Crippen LogP contribution in [0.15, 0.2) is 54.6 Å².